The normalized spacial score (nSPS) is 13.7. The molecule has 0 radical (unpaired) electrons. The van der Waals surface area contributed by atoms with Crippen LogP contribution in [0.3, 0.4) is 0 Å². The van der Waals surface area contributed by atoms with E-state index in [0.29, 0.717) is 6.61 Å². The molecule has 0 heterocycles. The molecule has 0 aromatic heterocycles. The summed E-state index contributed by atoms with van der Waals surface area (Å²) in [7, 11) is 1.67. The summed E-state index contributed by atoms with van der Waals surface area (Å²) in [5, 5.41) is 0.890. The quantitative estimate of drug-likeness (QED) is 0.620. The molecule has 1 unspecified atom stereocenters. The minimum absolute atomic E-state index is 0.215. The lowest BCUT2D eigenvalue weighted by atomic mass is 10.4. The van der Waals surface area contributed by atoms with Crippen LogP contribution in [-0.2, 0) is 9.47 Å². The standard InChI is InChI=1S/C6H13BrO2/c1-6(5-8-2)9-4-3-7/h6H,3-5H2,1-2H3. The summed E-state index contributed by atoms with van der Waals surface area (Å²) < 4.78 is 10.1. The Hall–Kier alpha value is 0.400. The van der Waals surface area contributed by atoms with Crippen LogP contribution in [0.25, 0.3) is 0 Å². The summed E-state index contributed by atoms with van der Waals surface area (Å²) in [5.74, 6) is 0. The van der Waals surface area contributed by atoms with E-state index in [1.54, 1.807) is 7.11 Å². The number of rotatable bonds is 5. The first-order valence-electron chi connectivity index (χ1n) is 2.97. The van der Waals surface area contributed by atoms with Crippen LogP contribution >= 0.6 is 15.9 Å². The smallest absolute Gasteiger partial charge is 0.0780 e. The van der Waals surface area contributed by atoms with Gasteiger partial charge in [-0.05, 0) is 6.92 Å². The van der Waals surface area contributed by atoms with Gasteiger partial charge in [0, 0.05) is 12.4 Å². The zero-order valence-corrected chi connectivity index (χ0v) is 7.48. The van der Waals surface area contributed by atoms with Gasteiger partial charge < -0.3 is 9.47 Å². The van der Waals surface area contributed by atoms with Gasteiger partial charge in [-0.25, -0.2) is 0 Å². The van der Waals surface area contributed by atoms with Gasteiger partial charge in [0.2, 0.25) is 0 Å². The molecule has 0 saturated heterocycles. The highest BCUT2D eigenvalue weighted by Gasteiger charge is 1.97. The van der Waals surface area contributed by atoms with Gasteiger partial charge in [-0.3, -0.25) is 0 Å². The molecule has 0 aliphatic heterocycles. The Morgan fingerprint density at radius 3 is 2.67 bits per heavy atom. The fourth-order valence-electron chi connectivity index (χ4n) is 0.529. The van der Waals surface area contributed by atoms with Crippen molar-refractivity contribution in [2.75, 3.05) is 25.7 Å². The average molecular weight is 197 g/mol. The second-order valence-electron chi connectivity index (χ2n) is 1.83. The molecule has 0 fully saturated rings. The molecule has 56 valence electrons. The molecule has 0 aromatic rings. The van der Waals surface area contributed by atoms with Gasteiger partial charge in [-0.15, -0.1) is 0 Å². The van der Waals surface area contributed by atoms with Gasteiger partial charge in [-0.2, -0.15) is 0 Å². The number of hydrogen-bond acceptors (Lipinski definition) is 2. The second kappa shape index (κ2) is 6.52. The van der Waals surface area contributed by atoms with Gasteiger partial charge in [0.05, 0.1) is 19.3 Å². The number of hydrogen-bond donors (Lipinski definition) is 0. The van der Waals surface area contributed by atoms with Crippen molar-refractivity contribution in [2.24, 2.45) is 0 Å². The molecule has 0 amide bonds. The van der Waals surface area contributed by atoms with E-state index in [4.69, 9.17) is 9.47 Å². The van der Waals surface area contributed by atoms with Gasteiger partial charge in [0.25, 0.3) is 0 Å². The van der Waals surface area contributed by atoms with Crippen molar-refractivity contribution >= 4 is 15.9 Å². The first-order valence-corrected chi connectivity index (χ1v) is 4.10. The molecule has 0 spiro atoms. The Morgan fingerprint density at radius 1 is 1.56 bits per heavy atom. The fraction of sp³-hybridized carbons (Fsp3) is 1.00. The number of halogens is 1. The molecule has 0 bridgehead atoms. The van der Waals surface area contributed by atoms with Gasteiger partial charge in [0.1, 0.15) is 0 Å². The van der Waals surface area contributed by atoms with Crippen LogP contribution in [0, 0.1) is 0 Å². The maximum absolute atomic E-state index is 5.26. The van der Waals surface area contributed by atoms with Crippen molar-refractivity contribution in [3.05, 3.63) is 0 Å². The predicted octanol–water partition coefficient (Wildman–Crippen LogP) is 1.43. The molecule has 9 heavy (non-hydrogen) atoms. The van der Waals surface area contributed by atoms with E-state index in [9.17, 15) is 0 Å². The topological polar surface area (TPSA) is 18.5 Å². The Morgan fingerprint density at radius 2 is 2.22 bits per heavy atom. The van der Waals surface area contributed by atoms with Crippen LogP contribution in [0.2, 0.25) is 0 Å². The molecule has 0 N–H and O–H groups in total. The monoisotopic (exact) mass is 196 g/mol. The molecule has 0 rings (SSSR count). The lowest BCUT2D eigenvalue weighted by Gasteiger charge is -2.09. The van der Waals surface area contributed by atoms with Gasteiger partial charge >= 0.3 is 0 Å². The molecule has 1 atom stereocenters. The van der Waals surface area contributed by atoms with Crippen molar-refractivity contribution in [1.29, 1.82) is 0 Å². The Balaban J connectivity index is 2.95. The maximum Gasteiger partial charge on any atom is 0.0780 e. The van der Waals surface area contributed by atoms with E-state index >= 15 is 0 Å². The van der Waals surface area contributed by atoms with Crippen LogP contribution in [-0.4, -0.2) is 31.8 Å². The molecule has 0 aliphatic carbocycles. The van der Waals surface area contributed by atoms with Gasteiger partial charge in [-0.1, -0.05) is 15.9 Å². The minimum Gasteiger partial charge on any atom is -0.382 e. The van der Waals surface area contributed by atoms with E-state index in [1.807, 2.05) is 6.92 Å². The van der Waals surface area contributed by atoms with Crippen molar-refractivity contribution in [3.63, 3.8) is 0 Å². The SMILES string of the molecule is COCC(C)OCCBr. The zero-order valence-electron chi connectivity index (χ0n) is 5.89. The number of ether oxygens (including phenoxy) is 2. The zero-order chi connectivity index (χ0) is 7.11. The lowest BCUT2D eigenvalue weighted by molar-refractivity contribution is 0.0170. The van der Waals surface area contributed by atoms with E-state index in [1.165, 1.54) is 0 Å². The summed E-state index contributed by atoms with van der Waals surface area (Å²) in [4.78, 5) is 0. The number of alkyl halides is 1. The van der Waals surface area contributed by atoms with Crippen LogP contribution in [0.15, 0.2) is 0 Å². The highest BCUT2D eigenvalue weighted by molar-refractivity contribution is 9.09. The molecule has 0 aliphatic rings. The third kappa shape index (κ3) is 6.28. The van der Waals surface area contributed by atoms with Gasteiger partial charge in [0.15, 0.2) is 0 Å². The summed E-state index contributed by atoms with van der Waals surface area (Å²) >= 11 is 3.26. The fourth-order valence-corrected chi connectivity index (χ4v) is 0.715. The van der Waals surface area contributed by atoms with Crippen molar-refractivity contribution < 1.29 is 9.47 Å². The highest BCUT2D eigenvalue weighted by Crippen LogP contribution is 1.91. The van der Waals surface area contributed by atoms with E-state index in [2.05, 4.69) is 15.9 Å². The van der Waals surface area contributed by atoms with Crippen LogP contribution in [0.4, 0.5) is 0 Å². The van der Waals surface area contributed by atoms with Crippen molar-refractivity contribution in [3.8, 4) is 0 Å². The first kappa shape index (κ1) is 9.40. The molecular formula is C6H13BrO2. The average Bonchev–Trinajstić information content (AvgIpc) is 1.85. The molecule has 3 heteroatoms. The predicted molar refractivity (Wildman–Crippen MR) is 41.1 cm³/mol. The summed E-state index contributed by atoms with van der Waals surface area (Å²) in [6.07, 6.45) is 0.215. The summed E-state index contributed by atoms with van der Waals surface area (Å²) in [5.41, 5.74) is 0. The molecule has 2 nitrogen and oxygen atoms in total. The highest BCUT2D eigenvalue weighted by atomic mass is 79.9. The van der Waals surface area contributed by atoms with E-state index in [-0.39, 0.29) is 6.10 Å². The Labute approximate surface area is 64.7 Å². The van der Waals surface area contributed by atoms with Crippen molar-refractivity contribution in [2.45, 2.75) is 13.0 Å². The minimum atomic E-state index is 0.215. The maximum atomic E-state index is 5.26. The van der Waals surface area contributed by atoms with E-state index < -0.39 is 0 Å². The molecule has 0 saturated carbocycles. The lowest BCUT2D eigenvalue weighted by Crippen LogP contribution is -2.15. The van der Waals surface area contributed by atoms with Crippen LogP contribution in [0.5, 0.6) is 0 Å². The Kier molecular flexibility index (Phi) is 6.81. The third-order valence-corrected chi connectivity index (χ3v) is 1.20. The van der Waals surface area contributed by atoms with Crippen LogP contribution in [0.1, 0.15) is 6.92 Å². The Bertz CT molecular complexity index is 59.0. The first-order chi connectivity index (χ1) is 4.31. The second-order valence-corrected chi connectivity index (χ2v) is 2.62. The van der Waals surface area contributed by atoms with E-state index in [0.717, 1.165) is 11.9 Å². The summed E-state index contributed by atoms with van der Waals surface area (Å²) in [6.45, 7) is 3.42. The van der Waals surface area contributed by atoms with Crippen molar-refractivity contribution in [1.82, 2.24) is 0 Å². The number of methoxy groups -OCH3 is 1. The van der Waals surface area contributed by atoms with Crippen LogP contribution < -0.4 is 0 Å². The summed E-state index contributed by atoms with van der Waals surface area (Å²) in [6, 6.07) is 0. The molecule has 0 aromatic carbocycles. The largest absolute Gasteiger partial charge is 0.382 e. The molecular weight excluding hydrogens is 184 g/mol. The third-order valence-electron chi connectivity index (χ3n) is 0.881.